The molecule has 0 saturated carbocycles. The number of carbonyl (C=O) groups is 1. The van der Waals surface area contributed by atoms with E-state index in [1.54, 1.807) is 19.3 Å². The number of aryl methyl sites for hydroxylation is 2. The molecule has 3 N–H and O–H groups in total. The molecular weight excluding hydrogens is 517 g/mol. The molecule has 7 nitrogen and oxygen atoms in total. The number of anilines is 1. The van der Waals surface area contributed by atoms with E-state index in [4.69, 9.17) is 4.74 Å². The number of rotatable bonds is 7. The highest BCUT2D eigenvalue weighted by Gasteiger charge is 2.27. The molecular formula is C24H34IN5O2. The lowest BCUT2D eigenvalue weighted by atomic mass is 9.89. The second-order valence-electron chi connectivity index (χ2n) is 8.00. The highest BCUT2D eigenvalue weighted by Crippen LogP contribution is 2.33. The number of guanidine groups is 1. The zero-order valence-electron chi connectivity index (χ0n) is 19.1. The van der Waals surface area contributed by atoms with Gasteiger partial charge in [-0.1, -0.05) is 35.9 Å². The molecule has 2 unspecified atom stereocenters. The molecule has 1 amide bonds. The number of hydrogen-bond acceptors (Lipinski definition) is 4. The summed E-state index contributed by atoms with van der Waals surface area (Å²) in [7, 11) is 1.74. The smallest absolute Gasteiger partial charge is 0.227 e. The summed E-state index contributed by atoms with van der Waals surface area (Å²) < 4.78 is 6.10. The zero-order valence-corrected chi connectivity index (χ0v) is 21.4. The van der Waals surface area contributed by atoms with E-state index >= 15 is 0 Å². The summed E-state index contributed by atoms with van der Waals surface area (Å²) in [6.45, 7) is 6.10. The van der Waals surface area contributed by atoms with Crippen molar-refractivity contribution in [1.29, 1.82) is 0 Å². The fourth-order valence-corrected chi connectivity index (χ4v) is 3.67. The number of ether oxygens (including phenoxy) is 1. The number of amides is 1. The first-order valence-corrected chi connectivity index (χ1v) is 10.9. The lowest BCUT2D eigenvalue weighted by Gasteiger charge is -2.32. The molecule has 2 heterocycles. The Morgan fingerprint density at radius 3 is 2.56 bits per heavy atom. The molecule has 0 bridgehead atoms. The van der Waals surface area contributed by atoms with E-state index in [2.05, 4.69) is 57.1 Å². The number of carbonyl (C=O) groups excluding carboxylic acids is 1. The van der Waals surface area contributed by atoms with Crippen LogP contribution in [0.1, 0.15) is 42.1 Å². The number of benzene rings is 1. The van der Waals surface area contributed by atoms with Gasteiger partial charge in [-0.05, 0) is 43.9 Å². The summed E-state index contributed by atoms with van der Waals surface area (Å²) in [6.07, 6.45) is 4.32. The first-order chi connectivity index (χ1) is 15.0. The molecule has 8 heteroatoms. The van der Waals surface area contributed by atoms with Crippen LogP contribution < -0.4 is 16.0 Å². The van der Waals surface area contributed by atoms with Crippen LogP contribution in [-0.2, 0) is 9.53 Å². The second kappa shape index (κ2) is 13.4. The molecule has 2 atom stereocenters. The highest BCUT2D eigenvalue weighted by atomic mass is 127. The summed E-state index contributed by atoms with van der Waals surface area (Å²) >= 11 is 0. The van der Waals surface area contributed by atoms with Crippen LogP contribution in [0.4, 0.5) is 5.82 Å². The minimum absolute atomic E-state index is 0. The maximum Gasteiger partial charge on any atom is 0.227 e. The minimum Gasteiger partial charge on any atom is -0.373 e. The fraction of sp³-hybridized carbons (Fsp3) is 0.458. The molecule has 2 aromatic rings. The molecule has 32 heavy (non-hydrogen) atoms. The van der Waals surface area contributed by atoms with E-state index in [0.717, 1.165) is 31.6 Å². The normalized spacial score (nSPS) is 18.4. The Bertz CT molecular complexity index is 871. The van der Waals surface area contributed by atoms with Crippen LogP contribution in [0.3, 0.4) is 0 Å². The standard InChI is InChI=1S/C24H33N5O2.HI/c1-17-6-9-19(10-7-17)23-20(5-4-14-31-23)16-28-24(25-3)26-13-12-22(30)29-21-11-8-18(2)15-27-21;/h6-11,15,20,23H,4-5,12-14,16H2,1-3H3,(H2,25,26,28)(H,27,29,30);1H. The van der Waals surface area contributed by atoms with Crippen LogP contribution in [0, 0.1) is 19.8 Å². The van der Waals surface area contributed by atoms with Gasteiger partial charge in [0.05, 0.1) is 6.10 Å². The van der Waals surface area contributed by atoms with Crippen LogP contribution in [0.5, 0.6) is 0 Å². The van der Waals surface area contributed by atoms with Gasteiger partial charge in [-0.2, -0.15) is 0 Å². The van der Waals surface area contributed by atoms with Crippen LogP contribution in [0.15, 0.2) is 47.6 Å². The van der Waals surface area contributed by atoms with Crippen LogP contribution in [-0.4, -0.2) is 43.6 Å². The highest BCUT2D eigenvalue weighted by molar-refractivity contribution is 14.0. The van der Waals surface area contributed by atoms with Crippen LogP contribution in [0.2, 0.25) is 0 Å². The summed E-state index contributed by atoms with van der Waals surface area (Å²) in [5.74, 6) is 1.54. The lowest BCUT2D eigenvalue weighted by molar-refractivity contribution is -0.116. The Labute approximate surface area is 207 Å². The van der Waals surface area contributed by atoms with Crippen LogP contribution >= 0.6 is 24.0 Å². The predicted molar refractivity (Wildman–Crippen MR) is 140 cm³/mol. The lowest BCUT2D eigenvalue weighted by Crippen LogP contribution is -2.42. The Morgan fingerprint density at radius 1 is 1.12 bits per heavy atom. The Balaban J connectivity index is 0.00000363. The second-order valence-corrected chi connectivity index (χ2v) is 8.00. The number of aliphatic imine (C=N–C) groups is 1. The fourth-order valence-electron chi connectivity index (χ4n) is 3.67. The molecule has 0 radical (unpaired) electrons. The predicted octanol–water partition coefficient (Wildman–Crippen LogP) is 3.98. The van der Waals surface area contributed by atoms with Gasteiger partial charge in [0, 0.05) is 45.3 Å². The van der Waals surface area contributed by atoms with Gasteiger partial charge in [0.2, 0.25) is 5.91 Å². The van der Waals surface area contributed by atoms with Gasteiger partial charge in [-0.25, -0.2) is 4.98 Å². The van der Waals surface area contributed by atoms with E-state index in [0.29, 0.717) is 30.7 Å². The average Bonchev–Trinajstić information content (AvgIpc) is 2.78. The molecule has 1 aliphatic heterocycles. The van der Waals surface area contributed by atoms with Gasteiger partial charge in [-0.3, -0.25) is 9.79 Å². The van der Waals surface area contributed by atoms with Gasteiger partial charge in [0.1, 0.15) is 5.82 Å². The van der Waals surface area contributed by atoms with Gasteiger partial charge in [0.15, 0.2) is 5.96 Å². The van der Waals surface area contributed by atoms with Crippen molar-refractivity contribution in [2.24, 2.45) is 10.9 Å². The topological polar surface area (TPSA) is 87.6 Å². The number of halogens is 1. The maximum absolute atomic E-state index is 12.1. The first-order valence-electron chi connectivity index (χ1n) is 10.9. The third kappa shape index (κ3) is 8.05. The third-order valence-electron chi connectivity index (χ3n) is 5.43. The van der Waals surface area contributed by atoms with Gasteiger partial charge < -0.3 is 20.7 Å². The monoisotopic (exact) mass is 551 g/mol. The number of pyridine rings is 1. The van der Waals surface area contributed by atoms with Crippen molar-refractivity contribution < 1.29 is 9.53 Å². The molecule has 1 aromatic heterocycles. The SMILES string of the molecule is CN=C(NCCC(=O)Nc1ccc(C)cn1)NCC1CCCOC1c1ccc(C)cc1.I. The Kier molecular flexibility index (Phi) is 10.9. The van der Waals surface area contributed by atoms with Gasteiger partial charge >= 0.3 is 0 Å². The minimum atomic E-state index is -0.0839. The number of hydrogen-bond donors (Lipinski definition) is 3. The molecule has 3 rings (SSSR count). The molecule has 1 aromatic carbocycles. The quantitative estimate of drug-likeness (QED) is 0.276. The van der Waals surface area contributed by atoms with Crippen molar-refractivity contribution in [3.8, 4) is 0 Å². The van der Waals surface area contributed by atoms with E-state index in [-0.39, 0.29) is 36.0 Å². The van der Waals surface area contributed by atoms with E-state index in [1.165, 1.54) is 11.1 Å². The van der Waals surface area contributed by atoms with E-state index in [1.807, 2.05) is 13.0 Å². The molecule has 1 aliphatic rings. The summed E-state index contributed by atoms with van der Waals surface area (Å²) in [5, 5.41) is 9.41. The maximum atomic E-state index is 12.1. The van der Waals surface area contributed by atoms with Crippen molar-refractivity contribution in [3.63, 3.8) is 0 Å². The molecule has 0 aliphatic carbocycles. The van der Waals surface area contributed by atoms with Crippen molar-refractivity contribution in [3.05, 3.63) is 59.3 Å². The summed E-state index contributed by atoms with van der Waals surface area (Å²) in [6, 6.07) is 12.3. The van der Waals surface area contributed by atoms with E-state index in [9.17, 15) is 4.79 Å². The van der Waals surface area contributed by atoms with Crippen LogP contribution in [0.25, 0.3) is 0 Å². The summed E-state index contributed by atoms with van der Waals surface area (Å²) in [4.78, 5) is 20.6. The van der Waals surface area contributed by atoms with Gasteiger partial charge in [0.25, 0.3) is 0 Å². The average molecular weight is 551 g/mol. The van der Waals surface area contributed by atoms with Crippen molar-refractivity contribution >= 4 is 41.7 Å². The van der Waals surface area contributed by atoms with Gasteiger partial charge in [-0.15, -0.1) is 24.0 Å². The van der Waals surface area contributed by atoms with E-state index < -0.39 is 0 Å². The number of nitrogens with zero attached hydrogens (tertiary/aromatic N) is 2. The van der Waals surface area contributed by atoms with Crippen molar-refractivity contribution in [2.75, 3.05) is 32.1 Å². The summed E-state index contributed by atoms with van der Waals surface area (Å²) in [5.41, 5.74) is 3.53. The molecule has 1 fully saturated rings. The molecule has 0 spiro atoms. The Morgan fingerprint density at radius 2 is 1.88 bits per heavy atom. The zero-order chi connectivity index (χ0) is 22.1. The Hall–Kier alpha value is -2.20. The first kappa shape index (κ1) is 26.1. The number of aromatic nitrogens is 1. The molecule has 1 saturated heterocycles. The third-order valence-corrected chi connectivity index (χ3v) is 5.43. The largest absolute Gasteiger partial charge is 0.373 e. The number of nitrogens with one attached hydrogen (secondary N) is 3. The molecule has 174 valence electrons. The van der Waals surface area contributed by atoms with Crippen molar-refractivity contribution in [1.82, 2.24) is 15.6 Å². The van der Waals surface area contributed by atoms with Crippen molar-refractivity contribution in [2.45, 2.75) is 39.2 Å².